The van der Waals surface area contributed by atoms with Gasteiger partial charge in [0.05, 0.1) is 7.11 Å². The topological polar surface area (TPSA) is 60.0 Å². The molecule has 0 radical (unpaired) electrons. The Morgan fingerprint density at radius 3 is 2.91 bits per heavy atom. The van der Waals surface area contributed by atoms with Crippen LogP contribution in [0.25, 0.3) is 0 Å². The maximum absolute atomic E-state index is 13.1. The number of hydrogen-bond donors (Lipinski definition) is 1. The molecule has 2 saturated heterocycles. The summed E-state index contributed by atoms with van der Waals surface area (Å²) in [4.78, 5) is 15.2. The Labute approximate surface area is 135 Å². The molecule has 0 aromatic heterocycles. The van der Waals surface area contributed by atoms with Crippen LogP contribution in [0.4, 0.5) is 0 Å². The summed E-state index contributed by atoms with van der Waals surface area (Å²) in [6.07, 6.45) is 3.19. The molecule has 124 valence electrons. The van der Waals surface area contributed by atoms with Crippen LogP contribution in [-0.2, 0) is 0 Å². The third-order valence-corrected chi connectivity index (χ3v) is 4.96. The first kappa shape index (κ1) is 14.6. The maximum atomic E-state index is 13.1. The lowest BCUT2D eigenvalue weighted by Gasteiger charge is -2.29. The largest absolute Gasteiger partial charge is 0.493 e. The van der Waals surface area contributed by atoms with Gasteiger partial charge in [0.15, 0.2) is 11.5 Å². The van der Waals surface area contributed by atoms with E-state index in [9.17, 15) is 4.79 Å². The fourth-order valence-corrected chi connectivity index (χ4v) is 3.86. The molecule has 1 amide bonds. The number of ether oxygens (including phenoxy) is 3. The zero-order valence-corrected chi connectivity index (χ0v) is 13.3. The van der Waals surface area contributed by atoms with Crippen LogP contribution in [0.3, 0.4) is 0 Å². The summed E-state index contributed by atoms with van der Waals surface area (Å²) < 4.78 is 16.7. The van der Waals surface area contributed by atoms with E-state index in [1.165, 1.54) is 0 Å². The third-order valence-electron chi connectivity index (χ3n) is 4.96. The number of nitrogens with zero attached hydrogens (tertiary/aromatic N) is 1. The molecule has 1 N–H and O–H groups in total. The van der Waals surface area contributed by atoms with Crippen LogP contribution in [0.15, 0.2) is 12.1 Å². The lowest BCUT2D eigenvalue weighted by Crippen LogP contribution is -2.42. The van der Waals surface area contributed by atoms with Gasteiger partial charge in [-0.2, -0.15) is 0 Å². The predicted molar refractivity (Wildman–Crippen MR) is 84.5 cm³/mol. The van der Waals surface area contributed by atoms with E-state index in [0.29, 0.717) is 42.1 Å². The number of amides is 1. The highest BCUT2D eigenvalue weighted by Crippen LogP contribution is 2.41. The van der Waals surface area contributed by atoms with Crippen molar-refractivity contribution in [3.8, 4) is 17.2 Å². The lowest BCUT2D eigenvalue weighted by atomic mass is 10.1. The van der Waals surface area contributed by atoms with Crippen molar-refractivity contribution in [2.24, 2.45) is 0 Å². The first-order valence-electron chi connectivity index (χ1n) is 8.29. The number of fused-ring (bicyclic) bond motifs is 3. The quantitative estimate of drug-likeness (QED) is 0.894. The van der Waals surface area contributed by atoms with Crippen LogP contribution in [0.5, 0.6) is 17.2 Å². The van der Waals surface area contributed by atoms with Crippen molar-refractivity contribution in [1.29, 1.82) is 0 Å². The van der Waals surface area contributed by atoms with Gasteiger partial charge in [0.25, 0.3) is 5.91 Å². The molecular weight excluding hydrogens is 296 g/mol. The number of rotatable bonds is 2. The summed E-state index contributed by atoms with van der Waals surface area (Å²) in [6, 6.07) is 4.18. The Morgan fingerprint density at radius 2 is 2.04 bits per heavy atom. The maximum Gasteiger partial charge on any atom is 0.254 e. The Bertz CT molecular complexity index is 588. The van der Waals surface area contributed by atoms with Crippen molar-refractivity contribution < 1.29 is 19.0 Å². The van der Waals surface area contributed by atoms with E-state index in [1.54, 1.807) is 19.2 Å². The standard InChI is InChI=1S/C17H22N2O4/c1-21-14-8-11(9-15-16(14)23-7-6-22-15)17(20)19-12-2-3-13(19)10-18-5-4-12/h8-9,12-13,18H,2-7,10H2,1H3. The second-order valence-corrected chi connectivity index (χ2v) is 6.29. The smallest absolute Gasteiger partial charge is 0.254 e. The van der Waals surface area contributed by atoms with Crippen LogP contribution in [0.2, 0.25) is 0 Å². The average molecular weight is 318 g/mol. The van der Waals surface area contributed by atoms with E-state index in [1.807, 2.05) is 0 Å². The van der Waals surface area contributed by atoms with Crippen LogP contribution < -0.4 is 19.5 Å². The summed E-state index contributed by atoms with van der Waals surface area (Å²) in [6.45, 7) is 2.85. The molecule has 3 heterocycles. The SMILES string of the molecule is COc1cc(C(=O)N2C3CCNCC2CC3)cc2c1OCCO2. The molecule has 6 nitrogen and oxygen atoms in total. The van der Waals surface area contributed by atoms with E-state index in [4.69, 9.17) is 14.2 Å². The highest BCUT2D eigenvalue weighted by Gasteiger charge is 2.38. The molecule has 3 aliphatic rings. The third kappa shape index (κ3) is 2.51. The minimum atomic E-state index is 0.0662. The van der Waals surface area contributed by atoms with Crippen LogP contribution in [0.1, 0.15) is 29.6 Å². The molecule has 2 atom stereocenters. The van der Waals surface area contributed by atoms with Gasteiger partial charge in [0.1, 0.15) is 13.2 Å². The first-order chi connectivity index (χ1) is 11.3. The van der Waals surface area contributed by atoms with Crippen molar-refractivity contribution in [1.82, 2.24) is 10.2 Å². The minimum Gasteiger partial charge on any atom is -0.493 e. The monoisotopic (exact) mass is 318 g/mol. The highest BCUT2D eigenvalue weighted by atomic mass is 16.6. The van der Waals surface area contributed by atoms with Crippen LogP contribution in [-0.4, -0.2) is 56.3 Å². The molecule has 6 heteroatoms. The van der Waals surface area contributed by atoms with Crippen LogP contribution >= 0.6 is 0 Å². The van der Waals surface area contributed by atoms with Crippen LogP contribution in [0, 0.1) is 0 Å². The molecule has 0 spiro atoms. The summed E-state index contributed by atoms with van der Waals surface area (Å²) in [7, 11) is 1.58. The zero-order chi connectivity index (χ0) is 15.8. The van der Waals surface area contributed by atoms with Gasteiger partial charge >= 0.3 is 0 Å². The predicted octanol–water partition coefficient (Wildman–Crippen LogP) is 1.43. The molecule has 2 bridgehead atoms. The fourth-order valence-electron chi connectivity index (χ4n) is 3.86. The number of carbonyl (C=O) groups excluding carboxylic acids is 1. The normalized spacial score (nSPS) is 25.9. The molecule has 23 heavy (non-hydrogen) atoms. The Kier molecular flexibility index (Phi) is 3.77. The highest BCUT2D eigenvalue weighted by molar-refractivity contribution is 5.96. The van der Waals surface area contributed by atoms with Gasteiger partial charge in [0, 0.05) is 24.2 Å². The van der Waals surface area contributed by atoms with Gasteiger partial charge < -0.3 is 24.4 Å². The van der Waals surface area contributed by atoms with E-state index in [2.05, 4.69) is 10.2 Å². The summed E-state index contributed by atoms with van der Waals surface area (Å²) in [5.41, 5.74) is 0.616. The average Bonchev–Trinajstić information content (AvgIpc) is 2.85. The second-order valence-electron chi connectivity index (χ2n) is 6.29. The molecule has 1 aromatic rings. The van der Waals surface area contributed by atoms with E-state index in [0.717, 1.165) is 32.4 Å². The first-order valence-corrected chi connectivity index (χ1v) is 8.29. The molecule has 3 aliphatic heterocycles. The fraction of sp³-hybridized carbons (Fsp3) is 0.588. The van der Waals surface area contributed by atoms with E-state index >= 15 is 0 Å². The number of carbonyl (C=O) groups is 1. The zero-order valence-electron chi connectivity index (χ0n) is 13.3. The molecule has 0 saturated carbocycles. The summed E-state index contributed by atoms with van der Waals surface area (Å²) in [5.74, 6) is 1.82. The van der Waals surface area contributed by atoms with Crippen molar-refractivity contribution in [3.05, 3.63) is 17.7 Å². The van der Waals surface area contributed by atoms with Gasteiger partial charge in [-0.15, -0.1) is 0 Å². The summed E-state index contributed by atoms with van der Waals surface area (Å²) >= 11 is 0. The summed E-state index contributed by atoms with van der Waals surface area (Å²) in [5, 5.41) is 3.42. The van der Waals surface area contributed by atoms with Gasteiger partial charge in [-0.1, -0.05) is 0 Å². The lowest BCUT2D eigenvalue weighted by molar-refractivity contribution is 0.0678. The van der Waals surface area contributed by atoms with Crippen molar-refractivity contribution in [3.63, 3.8) is 0 Å². The molecule has 2 unspecified atom stereocenters. The number of nitrogens with one attached hydrogen (secondary N) is 1. The van der Waals surface area contributed by atoms with Gasteiger partial charge in [0.2, 0.25) is 5.75 Å². The molecule has 4 rings (SSSR count). The number of methoxy groups -OCH3 is 1. The Morgan fingerprint density at radius 1 is 1.22 bits per heavy atom. The Hall–Kier alpha value is -1.95. The Balaban J connectivity index is 1.68. The molecule has 1 aromatic carbocycles. The van der Waals surface area contributed by atoms with E-state index in [-0.39, 0.29) is 11.9 Å². The van der Waals surface area contributed by atoms with Gasteiger partial charge in [-0.25, -0.2) is 0 Å². The molecular formula is C17H22N2O4. The van der Waals surface area contributed by atoms with Gasteiger partial charge in [-0.3, -0.25) is 4.79 Å². The van der Waals surface area contributed by atoms with Crippen molar-refractivity contribution >= 4 is 5.91 Å². The second kappa shape index (κ2) is 5.92. The van der Waals surface area contributed by atoms with E-state index < -0.39 is 0 Å². The van der Waals surface area contributed by atoms with Gasteiger partial charge in [-0.05, 0) is 37.9 Å². The number of benzene rings is 1. The molecule has 2 fully saturated rings. The molecule has 0 aliphatic carbocycles. The minimum absolute atomic E-state index is 0.0662. The number of hydrogen-bond acceptors (Lipinski definition) is 5. The van der Waals surface area contributed by atoms with Crippen molar-refractivity contribution in [2.45, 2.75) is 31.3 Å². The van der Waals surface area contributed by atoms with Crippen molar-refractivity contribution in [2.75, 3.05) is 33.4 Å².